The van der Waals surface area contributed by atoms with E-state index in [0.29, 0.717) is 13.2 Å². The molecule has 0 fully saturated rings. The SMILES string of the molecule is CC(C)(C)C(=O)OCCCN. The zero-order valence-electron chi connectivity index (χ0n) is 7.52. The number of nitrogens with two attached hydrogens (primary N) is 1. The second-order valence-corrected chi connectivity index (χ2v) is 3.53. The van der Waals surface area contributed by atoms with Gasteiger partial charge in [0, 0.05) is 0 Å². The van der Waals surface area contributed by atoms with Gasteiger partial charge in [-0.25, -0.2) is 0 Å². The first-order valence-electron chi connectivity index (χ1n) is 3.86. The van der Waals surface area contributed by atoms with Crippen molar-refractivity contribution in [2.75, 3.05) is 13.2 Å². The Hall–Kier alpha value is -0.570. The van der Waals surface area contributed by atoms with Gasteiger partial charge >= 0.3 is 5.97 Å². The number of esters is 1. The number of carbonyl (C=O) groups excluding carboxylic acids is 1. The van der Waals surface area contributed by atoms with Crippen LogP contribution in [-0.4, -0.2) is 19.1 Å². The minimum absolute atomic E-state index is 0.161. The summed E-state index contributed by atoms with van der Waals surface area (Å²) in [5.74, 6) is -0.161. The van der Waals surface area contributed by atoms with Gasteiger partial charge in [-0.05, 0) is 33.7 Å². The van der Waals surface area contributed by atoms with Crippen LogP contribution in [0.15, 0.2) is 0 Å². The molecule has 0 heterocycles. The molecule has 0 spiro atoms. The van der Waals surface area contributed by atoms with E-state index in [0.717, 1.165) is 6.42 Å². The van der Waals surface area contributed by atoms with Gasteiger partial charge in [0.25, 0.3) is 0 Å². The Bertz CT molecular complexity index is 127. The predicted molar refractivity (Wildman–Crippen MR) is 44.1 cm³/mol. The molecular weight excluding hydrogens is 142 g/mol. The van der Waals surface area contributed by atoms with Crippen molar-refractivity contribution < 1.29 is 9.53 Å². The molecule has 0 atom stereocenters. The van der Waals surface area contributed by atoms with Crippen LogP contribution in [0.1, 0.15) is 27.2 Å². The molecule has 0 saturated carbocycles. The summed E-state index contributed by atoms with van der Waals surface area (Å²) in [5.41, 5.74) is 4.84. The molecule has 0 saturated heterocycles. The van der Waals surface area contributed by atoms with E-state index in [-0.39, 0.29) is 5.97 Å². The van der Waals surface area contributed by atoms with Crippen LogP contribution >= 0.6 is 0 Å². The van der Waals surface area contributed by atoms with Crippen molar-refractivity contribution in [3.05, 3.63) is 0 Å². The Morgan fingerprint density at radius 1 is 1.45 bits per heavy atom. The molecule has 0 aliphatic rings. The summed E-state index contributed by atoms with van der Waals surface area (Å²) in [7, 11) is 0. The van der Waals surface area contributed by atoms with E-state index in [1.165, 1.54) is 0 Å². The number of ether oxygens (including phenoxy) is 1. The molecule has 0 radical (unpaired) electrons. The number of hydrogen-bond donors (Lipinski definition) is 1. The molecular formula is C8H17NO2. The maximum Gasteiger partial charge on any atom is 0.311 e. The fourth-order valence-corrected chi connectivity index (χ4v) is 0.465. The van der Waals surface area contributed by atoms with Gasteiger partial charge in [0.05, 0.1) is 12.0 Å². The van der Waals surface area contributed by atoms with Gasteiger partial charge in [-0.1, -0.05) is 0 Å². The molecule has 0 aromatic carbocycles. The second-order valence-electron chi connectivity index (χ2n) is 3.53. The molecule has 0 aromatic rings. The summed E-state index contributed by atoms with van der Waals surface area (Å²) >= 11 is 0. The number of rotatable bonds is 3. The van der Waals surface area contributed by atoms with Crippen molar-refractivity contribution in [2.45, 2.75) is 27.2 Å². The highest BCUT2D eigenvalue weighted by Crippen LogP contribution is 2.14. The lowest BCUT2D eigenvalue weighted by Gasteiger charge is -2.15. The van der Waals surface area contributed by atoms with Crippen LogP contribution in [0.2, 0.25) is 0 Å². The Balaban J connectivity index is 3.54. The summed E-state index contributed by atoms with van der Waals surface area (Å²) in [5, 5.41) is 0. The van der Waals surface area contributed by atoms with Crippen LogP contribution in [0.4, 0.5) is 0 Å². The second kappa shape index (κ2) is 4.34. The zero-order valence-corrected chi connectivity index (χ0v) is 7.52. The first-order valence-corrected chi connectivity index (χ1v) is 3.86. The van der Waals surface area contributed by atoms with Crippen LogP contribution in [0.3, 0.4) is 0 Å². The summed E-state index contributed by atoms with van der Waals surface area (Å²) in [6.07, 6.45) is 0.738. The minimum atomic E-state index is -0.394. The smallest absolute Gasteiger partial charge is 0.311 e. The molecule has 3 nitrogen and oxygen atoms in total. The third kappa shape index (κ3) is 4.79. The highest BCUT2D eigenvalue weighted by atomic mass is 16.5. The van der Waals surface area contributed by atoms with Gasteiger partial charge in [-0.2, -0.15) is 0 Å². The molecule has 0 unspecified atom stereocenters. The molecule has 11 heavy (non-hydrogen) atoms. The van der Waals surface area contributed by atoms with E-state index in [1.54, 1.807) is 0 Å². The van der Waals surface area contributed by atoms with Crippen molar-refractivity contribution in [2.24, 2.45) is 11.1 Å². The standard InChI is InChI=1S/C8H17NO2/c1-8(2,3)7(10)11-6-4-5-9/h4-6,9H2,1-3H3. The van der Waals surface area contributed by atoms with E-state index in [4.69, 9.17) is 10.5 Å². The molecule has 66 valence electrons. The van der Waals surface area contributed by atoms with E-state index in [9.17, 15) is 4.79 Å². The van der Waals surface area contributed by atoms with Crippen molar-refractivity contribution in [3.63, 3.8) is 0 Å². The van der Waals surface area contributed by atoms with Crippen LogP contribution in [0.5, 0.6) is 0 Å². The lowest BCUT2D eigenvalue weighted by atomic mass is 9.97. The van der Waals surface area contributed by atoms with Crippen LogP contribution in [0, 0.1) is 5.41 Å². The molecule has 3 heteroatoms. The molecule has 0 bridgehead atoms. The normalized spacial score (nSPS) is 11.3. The average molecular weight is 159 g/mol. The van der Waals surface area contributed by atoms with E-state index in [2.05, 4.69) is 0 Å². The van der Waals surface area contributed by atoms with Crippen LogP contribution < -0.4 is 5.73 Å². The lowest BCUT2D eigenvalue weighted by Crippen LogP contribution is -2.23. The van der Waals surface area contributed by atoms with Gasteiger partial charge in [-0.3, -0.25) is 4.79 Å². The number of carbonyl (C=O) groups is 1. The quantitative estimate of drug-likeness (QED) is 0.492. The maximum absolute atomic E-state index is 11.1. The fraction of sp³-hybridized carbons (Fsp3) is 0.875. The summed E-state index contributed by atoms with van der Waals surface area (Å²) in [6.45, 7) is 6.50. The molecule has 0 rings (SSSR count). The predicted octanol–water partition coefficient (Wildman–Crippen LogP) is 0.924. The fourth-order valence-electron chi connectivity index (χ4n) is 0.465. The van der Waals surface area contributed by atoms with E-state index in [1.807, 2.05) is 20.8 Å². The van der Waals surface area contributed by atoms with Gasteiger partial charge in [0.15, 0.2) is 0 Å². The minimum Gasteiger partial charge on any atom is -0.465 e. The molecule has 2 N–H and O–H groups in total. The molecule has 0 amide bonds. The number of hydrogen-bond acceptors (Lipinski definition) is 3. The lowest BCUT2D eigenvalue weighted by molar-refractivity contribution is -0.152. The van der Waals surface area contributed by atoms with Crippen molar-refractivity contribution in [3.8, 4) is 0 Å². The van der Waals surface area contributed by atoms with Crippen molar-refractivity contribution in [1.82, 2.24) is 0 Å². The van der Waals surface area contributed by atoms with E-state index < -0.39 is 5.41 Å². The van der Waals surface area contributed by atoms with Gasteiger partial charge in [0.1, 0.15) is 0 Å². The zero-order chi connectivity index (χ0) is 8.91. The molecule has 0 aliphatic carbocycles. The monoisotopic (exact) mass is 159 g/mol. The molecule has 0 aliphatic heterocycles. The van der Waals surface area contributed by atoms with Gasteiger partial charge in [0.2, 0.25) is 0 Å². The molecule has 0 aromatic heterocycles. The Labute approximate surface area is 67.9 Å². The van der Waals surface area contributed by atoms with Gasteiger partial charge < -0.3 is 10.5 Å². The summed E-state index contributed by atoms with van der Waals surface area (Å²) in [4.78, 5) is 11.1. The van der Waals surface area contributed by atoms with E-state index >= 15 is 0 Å². The Kier molecular flexibility index (Phi) is 4.11. The first kappa shape index (κ1) is 10.4. The summed E-state index contributed by atoms with van der Waals surface area (Å²) < 4.78 is 4.93. The third-order valence-corrected chi connectivity index (χ3v) is 1.19. The topological polar surface area (TPSA) is 52.3 Å². The van der Waals surface area contributed by atoms with Crippen LogP contribution in [0.25, 0.3) is 0 Å². The van der Waals surface area contributed by atoms with Crippen molar-refractivity contribution >= 4 is 5.97 Å². The largest absolute Gasteiger partial charge is 0.465 e. The van der Waals surface area contributed by atoms with Crippen LogP contribution in [-0.2, 0) is 9.53 Å². The third-order valence-electron chi connectivity index (χ3n) is 1.19. The van der Waals surface area contributed by atoms with Gasteiger partial charge in [-0.15, -0.1) is 0 Å². The highest BCUT2D eigenvalue weighted by Gasteiger charge is 2.22. The Morgan fingerprint density at radius 3 is 2.36 bits per heavy atom. The van der Waals surface area contributed by atoms with Crippen molar-refractivity contribution in [1.29, 1.82) is 0 Å². The maximum atomic E-state index is 11.1. The highest BCUT2D eigenvalue weighted by molar-refractivity contribution is 5.75. The first-order chi connectivity index (χ1) is 4.98. The average Bonchev–Trinajstić information content (AvgIpc) is 1.86. The Morgan fingerprint density at radius 2 is 2.00 bits per heavy atom. The summed E-state index contributed by atoms with van der Waals surface area (Å²) in [6, 6.07) is 0.